The Bertz CT molecular complexity index is 309. The molecule has 0 bridgehead atoms. The van der Waals surface area contributed by atoms with Gasteiger partial charge < -0.3 is 10.0 Å². The molecule has 84 valence electrons. The van der Waals surface area contributed by atoms with Gasteiger partial charge in [-0.05, 0) is 49.9 Å². The van der Waals surface area contributed by atoms with Crippen LogP contribution in [-0.2, 0) is 0 Å². The third-order valence-corrected chi connectivity index (χ3v) is 2.83. The van der Waals surface area contributed by atoms with E-state index in [0.29, 0.717) is 6.61 Å². The van der Waals surface area contributed by atoms with Crippen molar-refractivity contribution < 1.29 is 5.11 Å². The van der Waals surface area contributed by atoms with E-state index in [9.17, 15) is 0 Å². The molecule has 0 aliphatic heterocycles. The van der Waals surface area contributed by atoms with Crippen molar-refractivity contribution in [1.29, 1.82) is 0 Å². The van der Waals surface area contributed by atoms with Gasteiger partial charge in [-0.15, -0.1) is 0 Å². The molecular formula is C13H21NO. The van der Waals surface area contributed by atoms with Crippen LogP contribution < -0.4 is 4.90 Å². The van der Waals surface area contributed by atoms with Crippen LogP contribution >= 0.6 is 0 Å². The number of nitrogens with zero attached hydrogens (tertiary/aromatic N) is 1. The molecule has 1 rings (SSSR count). The fourth-order valence-corrected chi connectivity index (χ4v) is 1.55. The Morgan fingerprint density at radius 2 is 1.87 bits per heavy atom. The molecule has 0 atom stereocenters. The molecule has 0 heterocycles. The predicted molar refractivity (Wildman–Crippen MR) is 65.5 cm³/mol. The number of benzene rings is 1. The van der Waals surface area contributed by atoms with Crippen molar-refractivity contribution in [3.63, 3.8) is 0 Å². The number of aliphatic hydroxyl groups excluding tert-OH is 1. The maximum Gasteiger partial charge on any atom is 0.0431 e. The summed E-state index contributed by atoms with van der Waals surface area (Å²) < 4.78 is 0. The minimum Gasteiger partial charge on any atom is -0.396 e. The lowest BCUT2D eigenvalue weighted by Crippen LogP contribution is -2.18. The maximum atomic E-state index is 8.71. The number of rotatable bonds is 5. The highest BCUT2D eigenvalue weighted by atomic mass is 16.2. The van der Waals surface area contributed by atoms with E-state index in [1.807, 2.05) is 0 Å². The van der Waals surface area contributed by atoms with Gasteiger partial charge in [0.15, 0.2) is 0 Å². The Balaban J connectivity index is 2.57. The maximum absolute atomic E-state index is 8.71. The zero-order chi connectivity index (χ0) is 11.3. The zero-order valence-electron chi connectivity index (χ0n) is 9.95. The first-order valence-corrected chi connectivity index (χ1v) is 5.54. The normalized spacial score (nSPS) is 10.4. The first-order chi connectivity index (χ1) is 7.15. The molecule has 0 unspecified atom stereocenters. The number of aliphatic hydroxyl groups is 1. The molecule has 2 nitrogen and oxygen atoms in total. The van der Waals surface area contributed by atoms with Crippen LogP contribution in [0.15, 0.2) is 18.2 Å². The Labute approximate surface area is 92.5 Å². The van der Waals surface area contributed by atoms with E-state index in [2.05, 4.69) is 44.0 Å². The largest absolute Gasteiger partial charge is 0.396 e. The van der Waals surface area contributed by atoms with Gasteiger partial charge in [0, 0.05) is 25.9 Å². The van der Waals surface area contributed by atoms with E-state index in [1.54, 1.807) is 0 Å². The first kappa shape index (κ1) is 12.1. The second-order valence-corrected chi connectivity index (χ2v) is 4.12. The van der Waals surface area contributed by atoms with E-state index in [4.69, 9.17) is 5.11 Å². The van der Waals surface area contributed by atoms with Crippen molar-refractivity contribution >= 4 is 5.69 Å². The topological polar surface area (TPSA) is 23.5 Å². The van der Waals surface area contributed by atoms with E-state index >= 15 is 0 Å². The number of unbranched alkanes of at least 4 members (excludes halogenated alkanes) is 1. The van der Waals surface area contributed by atoms with Crippen molar-refractivity contribution in [3.8, 4) is 0 Å². The van der Waals surface area contributed by atoms with Crippen LogP contribution in [0, 0.1) is 13.8 Å². The summed E-state index contributed by atoms with van der Waals surface area (Å²) in [5.41, 5.74) is 3.93. The Morgan fingerprint density at radius 3 is 2.47 bits per heavy atom. The average molecular weight is 207 g/mol. The summed E-state index contributed by atoms with van der Waals surface area (Å²) in [6.07, 6.45) is 1.93. The molecule has 0 saturated heterocycles. The number of aryl methyl sites for hydroxylation is 2. The molecule has 2 heteroatoms. The molecule has 0 saturated carbocycles. The summed E-state index contributed by atoms with van der Waals surface area (Å²) in [4.78, 5) is 2.24. The van der Waals surface area contributed by atoms with Crippen molar-refractivity contribution in [2.75, 3.05) is 25.1 Å². The van der Waals surface area contributed by atoms with Crippen LogP contribution in [0.3, 0.4) is 0 Å². The third-order valence-electron chi connectivity index (χ3n) is 2.83. The van der Waals surface area contributed by atoms with Crippen molar-refractivity contribution in [2.45, 2.75) is 26.7 Å². The van der Waals surface area contributed by atoms with Crippen molar-refractivity contribution in [1.82, 2.24) is 0 Å². The van der Waals surface area contributed by atoms with Gasteiger partial charge in [-0.1, -0.05) is 6.07 Å². The van der Waals surface area contributed by atoms with Gasteiger partial charge in [0.05, 0.1) is 0 Å². The monoisotopic (exact) mass is 207 g/mol. The summed E-state index contributed by atoms with van der Waals surface area (Å²) in [5.74, 6) is 0. The highest BCUT2D eigenvalue weighted by Crippen LogP contribution is 2.17. The van der Waals surface area contributed by atoms with Crippen LogP contribution in [-0.4, -0.2) is 25.3 Å². The zero-order valence-corrected chi connectivity index (χ0v) is 9.95. The van der Waals surface area contributed by atoms with Gasteiger partial charge in [0.25, 0.3) is 0 Å². The quantitative estimate of drug-likeness (QED) is 0.750. The Kier molecular flexibility index (Phi) is 4.63. The summed E-state index contributed by atoms with van der Waals surface area (Å²) in [7, 11) is 2.10. The van der Waals surface area contributed by atoms with Gasteiger partial charge in [-0.25, -0.2) is 0 Å². The summed E-state index contributed by atoms with van der Waals surface area (Å²) in [6.45, 7) is 5.56. The molecule has 1 aromatic rings. The van der Waals surface area contributed by atoms with Crippen LogP contribution in [0.4, 0.5) is 5.69 Å². The van der Waals surface area contributed by atoms with Gasteiger partial charge in [0.1, 0.15) is 0 Å². The van der Waals surface area contributed by atoms with Crippen molar-refractivity contribution in [2.24, 2.45) is 0 Å². The second kappa shape index (κ2) is 5.76. The smallest absolute Gasteiger partial charge is 0.0431 e. The molecule has 0 amide bonds. The lowest BCUT2D eigenvalue weighted by molar-refractivity contribution is 0.285. The van der Waals surface area contributed by atoms with Crippen LogP contribution in [0.2, 0.25) is 0 Å². The second-order valence-electron chi connectivity index (χ2n) is 4.12. The Morgan fingerprint density at radius 1 is 1.13 bits per heavy atom. The minimum absolute atomic E-state index is 0.292. The standard InChI is InChI=1S/C13H21NO/c1-11-6-7-13(10-12(11)2)14(3)8-4-5-9-15/h6-7,10,15H,4-5,8-9H2,1-3H3. The molecule has 0 radical (unpaired) electrons. The van der Waals surface area contributed by atoms with Crippen molar-refractivity contribution in [3.05, 3.63) is 29.3 Å². The van der Waals surface area contributed by atoms with Gasteiger partial charge in [0.2, 0.25) is 0 Å². The molecule has 0 fully saturated rings. The minimum atomic E-state index is 0.292. The predicted octanol–water partition coefficient (Wildman–Crippen LogP) is 2.51. The fraction of sp³-hybridized carbons (Fsp3) is 0.538. The third kappa shape index (κ3) is 3.56. The van der Waals surface area contributed by atoms with Crippen LogP contribution in [0.5, 0.6) is 0 Å². The SMILES string of the molecule is Cc1ccc(N(C)CCCCO)cc1C. The molecule has 0 aliphatic rings. The fourth-order valence-electron chi connectivity index (χ4n) is 1.55. The molecule has 1 N–H and O–H groups in total. The molecule has 15 heavy (non-hydrogen) atoms. The lowest BCUT2D eigenvalue weighted by atomic mass is 10.1. The molecule has 1 aromatic carbocycles. The lowest BCUT2D eigenvalue weighted by Gasteiger charge is -2.20. The van der Waals surface area contributed by atoms with E-state index < -0.39 is 0 Å². The molecule has 0 spiro atoms. The van der Waals surface area contributed by atoms with E-state index in [-0.39, 0.29) is 0 Å². The number of hydrogen-bond acceptors (Lipinski definition) is 2. The summed E-state index contributed by atoms with van der Waals surface area (Å²) in [5, 5.41) is 8.71. The first-order valence-electron chi connectivity index (χ1n) is 5.54. The summed E-state index contributed by atoms with van der Waals surface area (Å²) in [6, 6.07) is 6.53. The highest BCUT2D eigenvalue weighted by Gasteiger charge is 2.01. The summed E-state index contributed by atoms with van der Waals surface area (Å²) >= 11 is 0. The highest BCUT2D eigenvalue weighted by molar-refractivity contribution is 5.49. The van der Waals surface area contributed by atoms with Gasteiger partial charge in [-0.3, -0.25) is 0 Å². The average Bonchev–Trinajstić information content (AvgIpc) is 2.22. The van der Waals surface area contributed by atoms with Crippen LogP contribution in [0.25, 0.3) is 0 Å². The number of hydrogen-bond donors (Lipinski definition) is 1. The molecule has 0 aliphatic carbocycles. The van der Waals surface area contributed by atoms with Gasteiger partial charge >= 0.3 is 0 Å². The number of anilines is 1. The van der Waals surface area contributed by atoms with E-state index in [1.165, 1.54) is 16.8 Å². The molecular weight excluding hydrogens is 186 g/mol. The van der Waals surface area contributed by atoms with Gasteiger partial charge in [-0.2, -0.15) is 0 Å². The van der Waals surface area contributed by atoms with E-state index in [0.717, 1.165) is 19.4 Å². The van der Waals surface area contributed by atoms with Crippen LogP contribution in [0.1, 0.15) is 24.0 Å². The Hall–Kier alpha value is -1.02. The molecule has 0 aromatic heterocycles.